The van der Waals surface area contributed by atoms with E-state index in [0.717, 1.165) is 17.1 Å². The minimum absolute atomic E-state index is 0.907. The van der Waals surface area contributed by atoms with Gasteiger partial charge in [-0.1, -0.05) is 60.7 Å². The van der Waals surface area contributed by atoms with Gasteiger partial charge in [0, 0.05) is 17.4 Å². The minimum atomic E-state index is 0.907. The molecule has 3 rings (SSSR count). The Labute approximate surface area is 111 Å². The first-order valence-corrected chi connectivity index (χ1v) is 6.83. The highest BCUT2D eigenvalue weighted by molar-refractivity contribution is 7.13. The second-order valence-electron chi connectivity index (χ2n) is 4.17. The van der Waals surface area contributed by atoms with Crippen LogP contribution in [0.25, 0.3) is 10.6 Å². The van der Waals surface area contributed by atoms with Crippen molar-refractivity contribution in [3.8, 4) is 10.6 Å². The van der Waals surface area contributed by atoms with Crippen LogP contribution in [0, 0.1) is 0 Å². The van der Waals surface area contributed by atoms with E-state index in [-0.39, 0.29) is 0 Å². The molecule has 0 radical (unpaired) electrons. The van der Waals surface area contributed by atoms with Crippen LogP contribution in [0.1, 0.15) is 11.3 Å². The second kappa shape index (κ2) is 5.15. The average molecular weight is 251 g/mol. The van der Waals surface area contributed by atoms with Gasteiger partial charge in [0.05, 0.1) is 5.69 Å². The van der Waals surface area contributed by atoms with E-state index in [2.05, 4.69) is 41.8 Å². The van der Waals surface area contributed by atoms with Gasteiger partial charge >= 0.3 is 0 Å². The van der Waals surface area contributed by atoms with Crippen molar-refractivity contribution >= 4 is 11.3 Å². The maximum atomic E-state index is 4.69. The quantitative estimate of drug-likeness (QED) is 0.672. The maximum Gasteiger partial charge on any atom is 0.123 e. The molecule has 2 heteroatoms. The summed E-state index contributed by atoms with van der Waals surface area (Å²) in [6.07, 6.45) is 0.907. The molecule has 0 unspecified atom stereocenters. The molecule has 88 valence electrons. The Hall–Kier alpha value is -1.93. The number of hydrogen-bond donors (Lipinski definition) is 0. The van der Waals surface area contributed by atoms with Crippen molar-refractivity contribution in [2.75, 3.05) is 0 Å². The molecule has 1 nitrogen and oxygen atoms in total. The molecule has 2 aromatic carbocycles. The van der Waals surface area contributed by atoms with E-state index < -0.39 is 0 Å². The van der Waals surface area contributed by atoms with Crippen LogP contribution in [0.4, 0.5) is 0 Å². The van der Waals surface area contributed by atoms with Gasteiger partial charge in [0.25, 0.3) is 0 Å². The van der Waals surface area contributed by atoms with Gasteiger partial charge in [-0.05, 0) is 5.56 Å². The van der Waals surface area contributed by atoms with Crippen molar-refractivity contribution in [3.05, 3.63) is 77.3 Å². The number of rotatable bonds is 3. The van der Waals surface area contributed by atoms with Gasteiger partial charge in [-0.15, -0.1) is 11.3 Å². The van der Waals surface area contributed by atoms with E-state index >= 15 is 0 Å². The summed E-state index contributed by atoms with van der Waals surface area (Å²) in [7, 11) is 0. The van der Waals surface area contributed by atoms with Crippen molar-refractivity contribution in [1.82, 2.24) is 4.98 Å². The van der Waals surface area contributed by atoms with Crippen molar-refractivity contribution in [1.29, 1.82) is 0 Å². The summed E-state index contributed by atoms with van der Waals surface area (Å²) in [4.78, 5) is 4.69. The minimum Gasteiger partial charge on any atom is -0.241 e. The molecule has 0 saturated heterocycles. The molecule has 0 saturated carbocycles. The summed E-state index contributed by atoms with van der Waals surface area (Å²) in [5.41, 5.74) is 3.65. The van der Waals surface area contributed by atoms with E-state index in [0.29, 0.717) is 0 Å². The van der Waals surface area contributed by atoms with E-state index in [9.17, 15) is 0 Å². The van der Waals surface area contributed by atoms with E-state index in [1.165, 1.54) is 11.1 Å². The molecule has 3 aromatic rings. The predicted molar refractivity (Wildman–Crippen MR) is 76.8 cm³/mol. The van der Waals surface area contributed by atoms with Gasteiger partial charge in [0.15, 0.2) is 0 Å². The van der Waals surface area contributed by atoms with E-state index in [1.54, 1.807) is 11.3 Å². The lowest BCUT2D eigenvalue weighted by atomic mass is 10.1. The predicted octanol–water partition coefficient (Wildman–Crippen LogP) is 4.40. The number of thiazole rings is 1. The lowest BCUT2D eigenvalue weighted by Gasteiger charge is -1.97. The number of aromatic nitrogens is 1. The van der Waals surface area contributed by atoms with Gasteiger partial charge in [0.1, 0.15) is 5.01 Å². The third-order valence-electron chi connectivity index (χ3n) is 2.80. The van der Waals surface area contributed by atoms with Crippen LogP contribution in [-0.2, 0) is 6.42 Å². The molecule has 0 spiro atoms. The molecular weight excluding hydrogens is 238 g/mol. The van der Waals surface area contributed by atoms with E-state index in [1.807, 2.05) is 24.3 Å². The molecule has 0 fully saturated rings. The molecule has 0 aliphatic carbocycles. The molecule has 1 heterocycles. The SMILES string of the molecule is c1ccc(Cc2csc(-c3ccccc3)n2)cc1. The first-order valence-electron chi connectivity index (χ1n) is 5.95. The summed E-state index contributed by atoms with van der Waals surface area (Å²) in [5, 5.41) is 3.25. The van der Waals surface area contributed by atoms with Gasteiger partial charge in [-0.3, -0.25) is 0 Å². The molecule has 1 aromatic heterocycles. The smallest absolute Gasteiger partial charge is 0.123 e. The molecular formula is C16H13NS. The van der Waals surface area contributed by atoms with E-state index in [4.69, 9.17) is 4.98 Å². The van der Waals surface area contributed by atoms with Crippen LogP contribution < -0.4 is 0 Å². The highest BCUT2D eigenvalue weighted by Gasteiger charge is 2.04. The number of hydrogen-bond acceptors (Lipinski definition) is 2. The third kappa shape index (κ3) is 2.49. The van der Waals surface area contributed by atoms with Gasteiger partial charge in [-0.2, -0.15) is 0 Å². The monoisotopic (exact) mass is 251 g/mol. The molecule has 0 atom stereocenters. The van der Waals surface area contributed by atoms with Crippen LogP contribution in [0.2, 0.25) is 0 Å². The lowest BCUT2D eigenvalue weighted by Crippen LogP contribution is -1.87. The van der Waals surface area contributed by atoms with Gasteiger partial charge in [-0.25, -0.2) is 4.98 Å². The third-order valence-corrected chi connectivity index (χ3v) is 3.74. The van der Waals surface area contributed by atoms with Crippen molar-refractivity contribution in [3.63, 3.8) is 0 Å². The highest BCUT2D eigenvalue weighted by atomic mass is 32.1. The first kappa shape index (κ1) is 11.2. The van der Waals surface area contributed by atoms with Crippen molar-refractivity contribution in [2.24, 2.45) is 0 Å². The fourth-order valence-corrected chi connectivity index (χ4v) is 2.73. The van der Waals surface area contributed by atoms with Crippen LogP contribution in [-0.4, -0.2) is 4.98 Å². The number of nitrogens with zero attached hydrogens (tertiary/aromatic N) is 1. The lowest BCUT2D eigenvalue weighted by molar-refractivity contribution is 1.11. The highest BCUT2D eigenvalue weighted by Crippen LogP contribution is 2.24. The topological polar surface area (TPSA) is 12.9 Å². The summed E-state index contributed by atoms with van der Waals surface area (Å²) in [5.74, 6) is 0. The Bertz CT molecular complexity index is 614. The zero-order valence-electron chi connectivity index (χ0n) is 9.91. The summed E-state index contributed by atoms with van der Waals surface area (Å²) in [6, 6.07) is 20.8. The van der Waals surface area contributed by atoms with Crippen LogP contribution in [0.3, 0.4) is 0 Å². The first-order chi connectivity index (χ1) is 8.92. The van der Waals surface area contributed by atoms with Gasteiger partial charge in [0.2, 0.25) is 0 Å². The number of benzene rings is 2. The van der Waals surface area contributed by atoms with Crippen molar-refractivity contribution in [2.45, 2.75) is 6.42 Å². The fourth-order valence-electron chi connectivity index (χ4n) is 1.91. The Morgan fingerprint density at radius 1 is 0.833 bits per heavy atom. The summed E-state index contributed by atoms with van der Waals surface area (Å²) >= 11 is 1.71. The van der Waals surface area contributed by atoms with Crippen molar-refractivity contribution < 1.29 is 0 Å². The average Bonchev–Trinajstić information content (AvgIpc) is 2.89. The zero-order valence-corrected chi connectivity index (χ0v) is 10.7. The molecule has 0 aliphatic heterocycles. The molecule has 0 bridgehead atoms. The molecule has 0 N–H and O–H groups in total. The largest absolute Gasteiger partial charge is 0.241 e. The summed E-state index contributed by atoms with van der Waals surface area (Å²) in [6.45, 7) is 0. The van der Waals surface area contributed by atoms with Gasteiger partial charge < -0.3 is 0 Å². The summed E-state index contributed by atoms with van der Waals surface area (Å²) < 4.78 is 0. The Morgan fingerprint density at radius 3 is 2.22 bits per heavy atom. The maximum absolute atomic E-state index is 4.69. The molecule has 0 aliphatic rings. The zero-order chi connectivity index (χ0) is 12.2. The standard InChI is InChI=1S/C16H13NS/c1-3-7-13(8-4-1)11-15-12-18-16(17-15)14-9-5-2-6-10-14/h1-10,12H,11H2. The van der Waals surface area contributed by atoms with Crippen LogP contribution >= 0.6 is 11.3 Å². The Balaban J connectivity index is 1.82. The molecule has 18 heavy (non-hydrogen) atoms. The Morgan fingerprint density at radius 2 is 1.50 bits per heavy atom. The second-order valence-corrected chi connectivity index (χ2v) is 5.03. The van der Waals surface area contributed by atoms with Crippen LogP contribution in [0.15, 0.2) is 66.0 Å². The van der Waals surface area contributed by atoms with Crippen LogP contribution in [0.5, 0.6) is 0 Å². The Kier molecular flexibility index (Phi) is 3.20. The molecule has 0 amide bonds. The normalized spacial score (nSPS) is 10.4. The fraction of sp³-hybridized carbons (Fsp3) is 0.0625.